The zero-order valence-electron chi connectivity index (χ0n) is 29.8. The normalized spacial score (nSPS) is 11.6. The molecule has 0 aliphatic carbocycles. The number of rotatable bonds is 6. The van der Waals surface area contributed by atoms with Crippen LogP contribution in [0.3, 0.4) is 0 Å². The SMILES string of the molecule is c1ccc(-c2ccc(N(c3ccc(-c4cccc5c4sc4ccccc45)cc3)c3ccc(-c4ccccc4)c4c3sc3ccccc34)c3ccccc23)cc1. The van der Waals surface area contributed by atoms with Crippen LogP contribution in [-0.2, 0) is 0 Å². The lowest BCUT2D eigenvalue weighted by molar-refractivity contribution is 1.32. The van der Waals surface area contributed by atoms with E-state index >= 15 is 0 Å². The van der Waals surface area contributed by atoms with E-state index in [0.717, 1.165) is 11.4 Å². The zero-order valence-corrected chi connectivity index (χ0v) is 31.4. The van der Waals surface area contributed by atoms with Gasteiger partial charge in [0.1, 0.15) is 0 Å². The van der Waals surface area contributed by atoms with Gasteiger partial charge in [-0.15, -0.1) is 22.7 Å². The van der Waals surface area contributed by atoms with Gasteiger partial charge in [-0.2, -0.15) is 0 Å². The fraction of sp³-hybridized carbons (Fsp3) is 0. The molecule has 258 valence electrons. The molecule has 2 heterocycles. The van der Waals surface area contributed by atoms with E-state index < -0.39 is 0 Å². The average molecular weight is 736 g/mol. The van der Waals surface area contributed by atoms with E-state index in [0.29, 0.717) is 0 Å². The number of benzene rings is 9. The van der Waals surface area contributed by atoms with E-state index in [1.54, 1.807) is 0 Å². The third-order valence-corrected chi connectivity index (χ3v) is 13.3. The molecule has 0 radical (unpaired) electrons. The monoisotopic (exact) mass is 735 g/mol. The highest BCUT2D eigenvalue weighted by Crippen LogP contribution is 2.50. The molecule has 0 amide bonds. The highest BCUT2D eigenvalue weighted by atomic mass is 32.1. The van der Waals surface area contributed by atoms with Crippen molar-refractivity contribution in [1.29, 1.82) is 0 Å². The van der Waals surface area contributed by atoms with Crippen LogP contribution in [0.25, 0.3) is 84.5 Å². The van der Waals surface area contributed by atoms with Crippen molar-refractivity contribution in [3.8, 4) is 33.4 Å². The van der Waals surface area contributed by atoms with Crippen LogP contribution in [0.5, 0.6) is 0 Å². The highest BCUT2D eigenvalue weighted by Gasteiger charge is 2.23. The molecule has 0 saturated carbocycles. The van der Waals surface area contributed by atoms with Crippen molar-refractivity contribution in [2.45, 2.75) is 0 Å². The van der Waals surface area contributed by atoms with Crippen molar-refractivity contribution >= 4 is 90.9 Å². The van der Waals surface area contributed by atoms with E-state index in [1.165, 1.54) is 90.2 Å². The van der Waals surface area contributed by atoms with Crippen LogP contribution in [0, 0.1) is 0 Å². The number of anilines is 3. The van der Waals surface area contributed by atoms with Crippen molar-refractivity contribution in [2.24, 2.45) is 0 Å². The first-order chi connectivity index (χ1) is 27.3. The van der Waals surface area contributed by atoms with Crippen LogP contribution in [-0.4, -0.2) is 0 Å². The first-order valence-electron chi connectivity index (χ1n) is 18.7. The van der Waals surface area contributed by atoms with Gasteiger partial charge in [-0.3, -0.25) is 0 Å². The topological polar surface area (TPSA) is 3.24 Å². The van der Waals surface area contributed by atoms with Crippen LogP contribution in [0.1, 0.15) is 0 Å². The maximum absolute atomic E-state index is 2.49. The quantitative estimate of drug-likeness (QED) is 0.164. The molecule has 1 nitrogen and oxygen atoms in total. The second kappa shape index (κ2) is 13.1. The molecule has 0 saturated heterocycles. The lowest BCUT2D eigenvalue weighted by Gasteiger charge is -2.28. The Morgan fingerprint density at radius 1 is 0.291 bits per heavy atom. The Bertz CT molecular complexity index is 3190. The summed E-state index contributed by atoms with van der Waals surface area (Å²) in [4.78, 5) is 2.49. The van der Waals surface area contributed by atoms with Gasteiger partial charge >= 0.3 is 0 Å². The average Bonchev–Trinajstić information content (AvgIpc) is 3.84. The van der Waals surface area contributed by atoms with Gasteiger partial charge < -0.3 is 4.90 Å². The smallest absolute Gasteiger partial charge is 0.0641 e. The molecule has 9 aromatic carbocycles. The molecule has 2 aromatic heterocycles. The predicted octanol–water partition coefficient (Wildman–Crippen LogP) is 16.0. The van der Waals surface area contributed by atoms with Crippen LogP contribution >= 0.6 is 22.7 Å². The maximum atomic E-state index is 2.49. The fourth-order valence-corrected chi connectivity index (χ4v) is 10.8. The Morgan fingerprint density at radius 2 is 0.818 bits per heavy atom. The molecule has 0 N–H and O–H groups in total. The van der Waals surface area contributed by atoms with Gasteiger partial charge in [0.25, 0.3) is 0 Å². The van der Waals surface area contributed by atoms with Crippen LogP contribution in [0.2, 0.25) is 0 Å². The highest BCUT2D eigenvalue weighted by molar-refractivity contribution is 7.26. The molecule has 0 aliphatic rings. The van der Waals surface area contributed by atoms with Crippen molar-refractivity contribution in [2.75, 3.05) is 4.90 Å². The second-order valence-corrected chi connectivity index (χ2v) is 16.1. The Balaban J connectivity index is 1.16. The number of hydrogen-bond donors (Lipinski definition) is 0. The molecular formula is C52H33NS2. The molecule has 3 heteroatoms. The third kappa shape index (κ3) is 5.27. The van der Waals surface area contributed by atoms with Gasteiger partial charge in [-0.1, -0.05) is 164 Å². The first-order valence-corrected chi connectivity index (χ1v) is 20.3. The summed E-state index contributed by atoms with van der Waals surface area (Å²) in [6.45, 7) is 0. The Morgan fingerprint density at radius 3 is 1.56 bits per heavy atom. The van der Waals surface area contributed by atoms with Crippen molar-refractivity contribution < 1.29 is 0 Å². The lowest BCUT2D eigenvalue weighted by atomic mass is 9.95. The van der Waals surface area contributed by atoms with Gasteiger partial charge in [0.2, 0.25) is 0 Å². The molecule has 0 fully saturated rings. The van der Waals surface area contributed by atoms with Gasteiger partial charge in [0.05, 0.1) is 16.1 Å². The van der Waals surface area contributed by atoms with Gasteiger partial charge in [-0.05, 0) is 75.2 Å². The summed E-state index contributed by atoms with van der Waals surface area (Å²) < 4.78 is 5.22. The molecule has 11 rings (SSSR count). The molecule has 0 atom stereocenters. The van der Waals surface area contributed by atoms with Gasteiger partial charge in [0.15, 0.2) is 0 Å². The Hall–Kier alpha value is -6.52. The Labute approximate surface area is 327 Å². The van der Waals surface area contributed by atoms with E-state index in [2.05, 4.69) is 205 Å². The molecule has 0 unspecified atom stereocenters. The van der Waals surface area contributed by atoms with E-state index in [1.807, 2.05) is 22.7 Å². The maximum Gasteiger partial charge on any atom is 0.0641 e. The minimum Gasteiger partial charge on any atom is -0.308 e. The molecule has 11 aromatic rings. The predicted molar refractivity (Wildman–Crippen MR) is 241 cm³/mol. The first kappa shape index (κ1) is 32.0. The molecule has 0 bridgehead atoms. The lowest BCUT2D eigenvalue weighted by Crippen LogP contribution is -2.11. The van der Waals surface area contributed by atoms with E-state index in [4.69, 9.17) is 0 Å². The Kier molecular flexibility index (Phi) is 7.61. The molecule has 0 spiro atoms. The van der Waals surface area contributed by atoms with Crippen LogP contribution in [0.15, 0.2) is 200 Å². The summed E-state index contributed by atoms with van der Waals surface area (Å²) in [7, 11) is 0. The zero-order chi connectivity index (χ0) is 36.3. The van der Waals surface area contributed by atoms with Crippen molar-refractivity contribution in [3.63, 3.8) is 0 Å². The summed E-state index contributed by atoms with van der Waals surface area (Å²) in [5, 5.41) is 7.68. The van der Waals surface area contributed by atoms with Crippen LogP contribution in [0.4, 0.5) is 17.1 Å². The number of fused-ring (bicyclic) bond motifs is 7. The van der Waals surface area contributed by atoms with Crippen molar-refractivity contribution in [1.82, 2.24) is 0 Å². The van der Waals surface area contributed by atoms with Crippen molar-refractivity contribution in [3.05, 3.63) is 200 Å². The minimum atomic E-state index is 1.12. The fourth-order valence-electron chi connectivity index (χ4n) is 8.37. The summed E-state index contributed by atoms with van der Waals surface area (Å²) in [6.07, 6.45) is 0. The summed E-state index contributed by atoms with van der Waals surface area (Å²) in [5.41, 5.74) is 10.9. The largest absolute Gasteiger partial charge is 0.308 e. The van der Waals surface area contributed by atoms with E-state index in [-0.39, 0.29) is 0 Å². The third-order valence-electron chi connectivity index (χ3n) is 10.9. The molecular weight excluding hydrogens is 703 g/mol. The number of nitrogens with zero attached hydrogens (tertiary/aromatic N) is 1. The number of thiophene rings is 2. The molecule has 55 heavy (non-hydrogen) atoms. The van der Waals surface area contributed by atoms with E-state index in [9.17, 15) is 0 Å². The second-order valence-electron chi connectivity index (χ2n) is 14.0. The van der Waals surface area contributed by atoms with Gasteiger partial charge in [0, 0.05) is 46.7 Å². The summed E-state index contributed by atoms with van der Waals surface area (Å²) >= 11 is 3.77. The number of hydrogen-bond acceptors (Lipinski definition) is 3. The van der Waals surface area contributed by atoms with Gasteiger partial charge in [-0.25, -0.2) is 0 Å². The standard InChI is InChI=1S/C52H33NS2/c1-3-14-34(15-4-1)38-30-32-46(42-19-8-7-18-41(38)42)53(37-28-26-36(27-29-37)40-22-13-23-44-43-20-9-11-24-48(43)54-51(40)44)47-33-31-39(35-16-5-2-6-17-35)50-45-21-10-12-25-49(45)55-52(47)50/h1-33H. The summed E-state index contributed by atoms with van der Waals surface area (Å²) in [6, 6.07) is 73.3. The summed E-state index contributed by atoms with van der Waals surface area (Å²) in [5.74, 6) is 0. The van der Waals surface area contributed by atoms with Crippen LogP contribution < -0.4 is 4.90 Å². The minimum absolute atomic E-state index is 1.12. The molecule has 0 aliphatic heterocycles.